The number of hydrogen-bond acceptors (Lipinski definition) is 5. The second kappa shape index (κ2) is 11.7. The predicted octanol–water partition coefficient (Wildman–Crippen LogP) is 4.93. The largest absolute Gasteiger partial charge is 0.480 e. The molecule has 1 aliphatic carbocycles. The molecule has 5 rings (SSSR count). The number of likely N-dealkylation sites (tertiary alicyclic amines) is 1. The number of aliphatic carboxylic acids is 1. The van der Waals surface area contributed by atoms with Crippen LogP contribution in [-0.4, -0.2) is 58.8 Å². The molecule has 1 saturated heterocycles. The molecule has 0 bridgehead atoms. The highest BCUT2D eigenvalue weighted by Gasteiger charge is 2.46. The third kappa shape index (κ3) is 5.84. The van der Waals surface area contributed by atoms with Crippen molar-refractivity contribution in [3.05, 3.63) is 95.6 Å². The highest BCUT2D eigenvalue weighted by Crippen LogP contribution is 2.44. The maximum atomic E-state index is 13.5. The zero-order chi connectivity index (χ0) is 29.0. The fraction of sp³-hybridized carbons (Fsp3) is 0.364. The summed E-state index contributed by atoms with van der Waals surface area (Å²) >= 11 is 0. The number of alkyl carbamates (subject to hydrolysis) is 1. The van der Waals surface area contributed by atoms with Gasteiger partial charge in [0.25, 0.3) is 0 Å². The van der Waals surface area contributed by atoms with Crippen LogP contribution in [0.5, 0.6) is 0 Å². The Bertz CT molecular complexity index is 1370. The van der Waals surface area contributed by atoms with Gasteiger partial charge in [0.2, 0.25) is 5.91 Å². The number of fused-ring (bicyclic) bond motifs is 3. The molecule has 8 nitrogen and oxygen atoms in total. The van der Waals surface area contributed by atoms with Gasteiger partial charge in [0.05, 0.1) is 0 Å². The van der Waals surface area contributed by atoms with Crippen LogP contribution >= 0.6 is 0 Å². The van der Waals surface area contributed by atoms with Crippen LogP contribution in [0.2, 0.25) is 0 Å². The molecule has 3 N–H and O–H groups in total. The van der Waals surface area contributed by atoms with Crippen LogP contribution in [0, 0.1) is 0 Å². The Morgan fingerprint density at radius 2 is 1.49 bits per heavy atom. The summed E-state index contributed by atoms with van der Waals surface area (Å²) < 4.78 is 5.67. The van der Waals surface area contributed by atoms with Gasteiger partial charge in [-0.2, -0.15) is 0 Å². The molecule has 0 aromatic heterocycles. The Kier molecular flexibility index (Phi) is 8.13. The van der Waals surface area contributed by atoms with E-state index in [4.69, 9.17) is 4.74 Å². The fourth-order valence-corrected chi connectivity index (χ4v) is 5.85. The number of amides is 2. The second-order valence-electron chi connectivity index (χ2n) is 11.2. The number of ether oxygens (including phenoxy) is 1. The van der Waals surface area contributed by atoms with Crippen LogP contribution in [0.3, 0.4) is 0 Å². The smallest absolute Gasteiger partial charge is 0.408 e. The van der Waals surface area contributed by atoms with Gasteiger partial charge in [-0.15, -0.1) is 0 Å². The van der Waals surface area contributed by atoms with Crippen molar-refractivity contribution in [3.8, 4) is 11.1 Å². The summed E-state index contributed by atoms with van der Waals surface area (Å²) in [6.45, 7) is 5.29. The molecule has 214 valence electrons. The van der Waals surface area contributed by atoms with E-state index in [2.05, 4.69) is 27.7 Å². The average molecular weight is 556 g/mol. The molecule has 41 heavy (non-hydrogen) atoms. The summed E-state index contributed by atoms with van der Waals surface area (Å²) in [5.74, 6) is -1.71. The van der Waals surface area contributed by atoms with Gasteiger partial charge in [-0.3, -0.25) is 9.69 Å². The Hall–Kier alpha value is -4.17. The first-order valence-electron chi connectivity index (χ1n) is 14.2. The monoisotopic (exact) mass is 555 g/mol. The number of rotatable bonds is 9. The Balaban J connectivity index is 1.21. The zero-order valence-corrected chi connectivity index (χ0v) is 23.6. The van der Waals surface area contributed by atoms with Gasteiger partial charge in [0.1, 0.15) is 17.7 Å². The molecule has 1 heterocycles. The maximum Gasteiger partial charge on any atom is 0.408 e. The quantitative estimate of drug-likeness (QED) is 0.346. The summed E-state index contributed by atoms with van der Waals surface area (Å²) in [4.78, 5) is 41.1. The van der Waals surface area contributed by atoms with Crippen LogP contribution in [-0.2, 0) is 20.9 Å². The van der Waals surface area contributed by atoms with E-state index in [-0.39, 0.29) is 31.8 Å². The number of carboxylic acids is 1. The lowest BCUT2D eigenvalue weighted by Gasteiger charge is -2.41. The minimum Gasteiger partial charge on any atom is -0.480 e. The molecule has 1 aliphatic heterocycles. The van der Waals surface area contributed by atoms with Crippen LogP contribution in [0.1, 0.15) is 55.7 Å². The molecular weight excluding hydrogens is 518 g/mol. The maximum absolute atomic E-state index is 13.5. The lowest BCUT2D eigenvalue weighted by Crippen LogP contribution is -2.66. The molecule has 2 aliphatic rings. The normalized spacial score (nSPS) is 17.5. The fourth-order valence-electron chi connectivity index (χ4n) is 5.85. The van der Waals surface area contributed by atoms with Gasteiger partial charge >= 0.3 is 12.1 Å². The van der Waals surface area contributed by atoms with E-state index in [1.54, 1.807) is 13.8 Å². The predicted molar refractivity (Wildman–Crippen MR) is 156 cm³/mol. The summed E-state index contributed by atoms with van der Waals surface area (Å²) in [6.07, 6.45) is 0.0873. The number of carbonyl (C=O) groups excluding carboxylic acids is 2. The molecule has 1 unspecified atom stereocenters. The van der Waals surface area contributed by atoms with Crippen molar-refractivity contribution in [2.75, 3.05) is 19.7 Å². The van der Waals surface area contributed by atoms with Gasteiger partial charge in [0, 0.05) is 25.6 Å². The molecule has 1 atom stereocenters. The van der Waals surface area contributed by atoms with Crippen molar-refractivity contribution in [2.24, 2.45) is 0 Å². The van der Waals surface area contributed by atoms with E-state index in [0.717, 1.165) is 34.4 Å². The summed E-state index contributed by atoms with van der Waals surface area (Å²) in [7, 11) is 0. The van der Waals surface area contributed by atoms with Crippen molar-refractivity contribution in [1.29, 1.82) is 0 Å². The van der Waals surface area contributed by atoms with Crippen molar-refractivity contribution >= 4 is 18.0 Å². The number of benzene rings is 3. The number of carboxylic acid groups (broad SMARTS) is 1. The first-order chi connectivity index (χ1) is 19.7. The molecule has 3 aromatic carbocycles. The molecular formula is C33H37N3O5. The minimum atomic E-state index is -1.40. The van der Waals surface area contributed by atoms with Crippen molar-refractivity contribution in [3.63, 3.8) is 0 Å². The van der Waals surface area contributed by atoms with E-state index >= 15 is 0 Å². The van der Waals surface area contributed by atoms with Crippen LogP contribution < -0.4 is 10.6 Å². The third-order valence-electron chi connectivity index (χ3n) is 8.65. The van der Waals surface area contributed by atoms with Gasteiger partial charge in [-0.25, -0.2) is 9.59 Å². The summed E-state index contributed by atoms with van der Waals surface area (Å²) in [5.41, 5.74) is 2.87. The second-order valence-corrected chi connectivity index (χ2v) is 11.2. The average Bonchev–Trinajstić information content (AvgIpc) is 3.31. The van der Waals surface area contributed by atoms with Crippen LogP contribution in [0.25, 0.3) is 11.1 Å². The SMILES string of the molecule is CCC(C)(NC(=O)OCC1c2ccccc2-c2ccccc21)C(=O)NC1(C(=O)O)CCN(Cc2ccccc2)CC1. The summed E-state index contributed by atoms with van der Waals surface area (Å²) in [5, 5.41) is 15.7. The van der Waals surface area contributed by atoms with E-state index in [1.807, 2.05) is 66.7 Å². The van der Waals surface area contributed by atoms with Gasteiger partial charge in [0.15, 0.2) is 0 Å². The topological polar surface area (TPSA) is 108 Å². The van der Waals surface area contributed by atoms with E-state index < -0.39 is 29.0 Å². The minimum absolute atomic E-state index is 0.105. The van der Waals surface area contributed by atoms with Crippen LogP contribution in [0.15, 0.2) is 78.9 Å². The lowest BCUT2D eigenvalue weighted by molar-refractivity contribution is -0.151. The lowest BCUT2D eigenvalue weighted by atomic mass is 9.85. The summed E-state index contributed by atoms with van der Waals surface area (Å²) in [6, 6.07) is 26.2. The van der Waals surface area contributed by atoms with E-state index in [9.17, 15) is 19.5 Å². The number of nitrogens with zero attached hydrogens (tertiary/aromatic N) is 1. The van der Waals surface area contributed by atoms with Crippen molar-refractivity contribution in [2.45, 2.75) is 56.7 Å². The molecule has 0 radical (unpaired) electrons. The first-order valence-corrected chi connectivity index (χ1v) is 14.2. The number of carbonyl (C=O) groups is 3. The molecule has 3 aromatic rings. The number of hydrogen-bond donors (Lipinski definition) is 3. The highest BCUT2D eigenvalue weighted by atomic mass is 16.5. The molecule has 0 spiro atoms. The molecule has 0 saturated carbocycles. The molecule has 8 heteroatoms. The standard InChI is InChI=1S/C33H37N3O5/c1-3-32(2,29(37)34-33(30(38)39)17-19-36(20-18-33)21-23-11-5-4-6-12-23)35-31(40)41-22-28-26-15-9-7-13-24(26)25-14-8-10-16-27(25)28/h4-16,28H,3,17-22H2,1-2H3,(H,34,37)(H,35,40)(H,38,39). The third-order valence-corrected chi connectivity index (χ3v) is 8.65. The molecule has 1 fully saturated rings. The van der Waals surface area contributed by atoms with Gasteiger partial charge in [-0.1, -0.05) is 85.8 Å². The van der Waals surface area contributed by atoms with Crippen molar-refractivity contribution in [1.82, 2.24) is 15.5 Å². The Morgan fingerprint density at radius 1 is 0.927 bits per heavy atom. The molecule has 2 amide bonds. The zero-order valence-electron chi connectivity index (χ0n) is 23.6. The van der Waals surface area contributed by atoms with Gasteiger partial charge in [-0.05, 0) is 54.0 Å². The van der Waals surface area contributed by atoms with Crippen molar-refractivity contribution < 1.29 is 24.2 Å². The number of nitrogens with one attached hydrogen (secondary N) is 2. The number of piperidine rings is 1. The first kappa shape index (κ1) is 28.4. The Morgan fingerprint density at radius 3 is 2.05 bits per heavy atom. The van der Waals surface area contributed by atoms with Crippen LogP contribution in [0.4, 0.5) is 4.79 Å². The Labute approximate surface area is 240 Å². The van der Waals surface area contributed by atoms with E-state index in [1.165, 1.54) is 0 Å². The van der Waals surface area contributed by atoms with Gasteiger partial charge < -0.3 is 20.5 Å². The highest BCUT2D eigenvalue weighted by molar-refractivity contribution is 5.94. The van der Waals surface area contributed by atoms with E-state index in [0.29, 0.717) is 13.1 Å².